The number of aliphatic hydroxyl groups excluding tert-OH is 3. The van der Waals surface area contributed by atoms with Crippen LogP contribution in [0.25, 0.3) is 0 Å². The highest BCUT2D eigenvalue weighted by molar-refractivity contribution is 8.17. The Labute approximate surface area is 126 Å². The highest BCUT2D eigenvalue weighted by atomic mass is 32.2. The molecule has 1 heterocycles. The standard InChI is InChI=1S/C12H16O5S3/c1-20(16,17)8-4-2-7(3-5-8)19-12-11(15)10(14)9(13)6-18-12/h2-5,9-15H,6H2,1H3/t9-,10+,11-,12+/m1/s1. The van der Waals surface area contributed by atoms with Gasteiger partial charge in [-0.05, 0) is 24.3 Å². The predicted molar refractivity (Wildman–Crippen MR) is 79.7 cm³/mol. The predicted octanol–water partition coefficient (Wildman–Crippen LogP) is 0.338. The number of thioether (sulfide) groups is 2. The zero-order valence-electron chi connectivity index (χ0n) is 10.7. The summed E-state index contributed by atoms with van der Waals surface area (Å²) in [5, 5.41) is 29.0. The van der Waals surface area contributed by atoms with E-state index in [0.29, 0.717) is 5.75 Å². The van der Waals surface area contributed by atoms with E-state index in [1.54, 1.807) is 12.1 Å². The molecule has 4 atom stereocenters. The fraction of sp³-hybridized carbons (Fsp3) is 0.500. The van der Waals surface area contributed by atoms with Gasteiger partial charge < -0.3 is 15.3 Å². The highest BCUT2D eigenvalue weighted by Gasteiger charge is 2.37. The molecule has 20 heavy (non-hydrogen) atoms. The maximum atomic E-state index is 11.4. The summed E-state index contributed by atoms with van der Waals surface area (Å²) in [5.74, 6) is 0.358. The van der Waals surface area contributed by atoms with Crippen molar-refractivity contribution in [2.45, 2.75) is 32.7 Å². The van der Waals surface area contributed by atoms with E-state index >= 15 is 0 Å². The Morgan fingerprint density at radius 3 is 2.30 bits per heavy atom. The van der Waals surface area contributed by atoms with Crippen molar-refractivity contribution in [1.29, 1.82) is 0 Å². The molecule has 0 saturated carbocycles. The van der Waals surface area contributed by atoms with Gasteiger partial charge >= 0.3 is 0 Å². The minimum Gasteiger partial charge on any atom is -0.389 e. The maximum absolute atomic E-state index is 11.4. The van der Waals surface area contributed by atoms with Crippen molar-refractivity contribution in [3.63, 3.8) is 0 Å². The van der Waals surface area contributed by atoms with E-state index in [4.69, 9.17) is 0 Å². The Kier molecular flexibility index (Phi) is 5.04. The molecule has 3 N–H and O–H groups in total. The van der Waals surface area contributed by atoms with E-state index < -0.39 is 28.1 Å². The van der Waals surface area contributed by atoms with Crippen LogP contribution in [0.5, 0.6) is 0 Å². The van der Waals surface area contributed by atoms with Crippen LogP contribution in [0.3, 0.4) is 0 Å². The van der Waals surface area contributed by atoms with Crippen LogP contribution in [-0.4, -0.2) is 58.6 Å². The minimum absolute atomic E-state index is 0.245. The first-order chi connectivity index (χ1) is 9.29. The van der Waals surface area contributed by atoms with E-state index in [1.807, 2.05) is 0 Å². The van der Waals surface area contributed by atoms with E-state index in [0.717, 1.165) is 11.2 Å². The summed E-state index contributed by atoms with van der Waals surface area (Å²) in [6, 6.07) is 6.38. The van der Waals surface area contributed by atoms with Crippen LogP contribution in [-0.2, 0) is 9.84 Å². The molecule has 1 aliphatic heterocycles. The molecular weight excluding hydrogens is 320 g/mol. The molecule has 1 saturated heterocycles. The van der Waals surface area contributed by atoms with Crippen molar-refractivity contribution in [2.24, 2.45) is 0 Å². The number of aliphatic hydroxyl groups is 3. The number of sulfone groups is 1. The van der Waals surface area contributed by atoms with Crippen LogP contribution >= 0.6 is 23.5 Å². The first-order valence-corrected chi connectivity index (χ1v) is 9.73. The Bertz CT molecular complexity index is 557. The van der Waals surface area contributed by atoms with Crippen LogP contribution in [0.15, 0.2) is 34.1 Å². The van der Waals surface area contributed by atoms with Gasteiger partial charge in [-0.2, -0.15) is 0 Å². The van der Waals surface area contributed by atoms with E-state index in [-0.39, 0.29) is 9.48 Å². The molecule has 1 aromatic carbocycles. The van der Waals surface area contributed by atoms with Gasteiger partial charge in [0.2, 0.25) is 0 Å². The van der Waals surface area contributed by atoms with E-state index in [9.17, 15) is 23.7 Å². The number of hydrogen-bond acceptors (Lipinski definition) is 7. The third kappa shape index (κ3) is 3.69. The summed E-state index contributed by atoms with van der Waals surface area (Å²) in [7, 11) is -3.22. The van der Waals surface area contributed by atoms with Gasteiger partial charge in [0, 0.05) is 16.9 Å². The van der Waals surface area contributed by atoms with Crippen molar-refractivity contribution in [1.82, 2.24) is 0 Å². The summed E-state index contributed by atoms with van der Waals surface area (Å²) < 4.78 is 22.4. The normalized spacial score (nSPS) is 31.2. The summed E-state index contributed by atoms with van der Waals surface area (Å²) in [6.07, 6.45) is -1.94. The van der Waals surface area contributed by atoms with Gasteiger partial charge in [-0.25, -0.2) is 8.42 Å². The average Bonchev–Trinajstić information content (AvgIpc) is 2.39. The van der Waals surface area contributed by atoms with Crippen LogP contribution in [0.2, 0.25) is 0 Å². The van der Waals surface area contributed by atoms with E-state index in [2.05, 4.69) is 0 Å². The second-order valence-corrected chi connectivity index (χ2v) is 9.32. The lowest BCUT2D eigenvalue weighted by Crippen LogP contribution is -2.47. The smallest absolute Gasteiger partial charge is 0.175 e. The zero-order valence-corrected chi connectivity index (χ0v) is 13.2. The maximum Gasteiger partial charge on any atom is 0.175 e. The van der Waals surface area contributed by atoms with Crippen molar-refractivity contribution in [3.05, 3.63) is 24.3 Å². The molecule has 112 valence electrons. The first-order valence-electron chi connectivity index (χ1n) is 5.91. The number of hydrogen-bond donors (Lipinski definition) is 3. The largest absolute Gasteiger partial charge is 0.389 e. The second kappa shape index (κ2) is 6.25. The van der Waals surface area contributed by atoms with Crippen LogP contribution in [0.1, 0.15) is 0 Å². The van der Waals surface area contributed by atoms with Crippen molar-refractivity contribution >= 4 is 33.4 Å². The Balaban J connectivity index is 2.07. The van der Waals surface area contributed by atoms with Gasteiger partial charge in [-0.1, -0.05) is 0 Å². The summed E-state index contributed by atoms with van der Waals surface area (Å²) >= 11 is 2.72. The summed E-state index contributed by atoms with van der Waals surface area (Å²) in [5.41, 5.74) is 0. The molecule has 2 rings (SSSR count). The van der Waals surface area contributed by atoms with E-state index in [1.165, 1.54) is 35.7 Å². The highest BCUT2D eigenvalue weighted by Crippen LogP contribution is 2.38. The van der Waals surface area contributed by atoms with Crippen LogP contribution in [0.4, 0.5) is 0 Å². The van der Waals surface area contributed by atoms with Gasteiger partial charge in [0.25, 0.3) is 0 Å². The molecule has 1 aliphatic rings. The topological polar surface area (TPSA) is 94.8 Å². The molecule has 0 aliphatic carbocycles. The third-order valence-electron chi connectivity index (χ3n) is 2.96. The molecule has 0 bridgehead atoms. The third-order valence-corrected chi connectivity index (χ3v) is 6.98. The fourth-order valence-corrected chi connectivity index (χ4v) is 5.06. The summed E-state index contributed by atoms with van der Waals surface area (Å²) in [6.45, 7) is 0. The molecule has 5 nitrogen and oxygen atoms in total. The zero-order chi connectivity index (χ0) is 14.9. The van der Waals surface area contributed by atoms with Gasteiger partial charge in [0.15, 0.2) is 9.84 Å². The quantitative estimate of drug-likeness (QED) is 0.732. The molecule has 1 aromatic rings. The monoisotopic (exact) mass is 336 g/mol. The van der Waals surface area contributed by atoms with Gasteiger partial charge in [-0.3, -0.25) is 0 Å². The lowest BCUT2D eigenvalue weighted by molar-refractivity contribution is -0.0474. The molecule has 0 aromatic heterocycles. The molecule has 0 unspecified atom stereocenters. The molecule has 0 spiro atoms. The molecular formula is C12H16O5S3. The molecule has 1 fully saturated rings. The van der Waals surface area contributed by atoms with Crippen LogP contribution in [0, 0.1) is 0 Å². The lowest BCUT2D eigenvalue weighted by Gasteiger charge is -2.34. The van der Waals surface area contributed by atoms with Gasteiger partial charge in [-0.15, -0.1) is 23.5 Å². The molecule has 0 radical (unpaired) electrons. The van der Waals surface area contributed by atoms with Crippen LogP contribution < -0.4 is 0 Å². The SMILES string of the molecule is CS(=O)(=O)c1ccc(S[C@@H]2SC[C@@H](O)[C@H](O)[C@H]2O)cc1. The Hall–Kier alpha value is -0.250. The fourth-order valence-electron chi connectivity index (χ4n) is 1.78. The Morgan fingerprint density at radius 1 is 1.15 bits per heavy atom. The number of rotatable bonds is 3. The molecule has 8 heteroatoms. The van der Waals surface area contributed by atoms with Crippen molar-refractivity contribution in [3.8, 4) is 0 Å². The van der Waals surface area contributed by atoms with Crippen molar-refractivity contribution in [2.75, 3.05) is 12.0 Å². The Morgan fingerprint density at radius 2 is 1.75 bits per heavy atom. The lowest BCUT2D eigenvalue weighted by atomic mass is 10.1. The van der Waals surface area contributed by atoms with Gasteiger partial charge in [0.1, 0.15) is 12.2 Å². The van der Waals surface area contributed by atoms with Crippen molar-refractivity contribution < 1.29 is 23.7 Å². The van der Waals surface area contributed by atoms with Gasteiger partial charge in [0.05, 0.1) is 15.6 Å². The molecule has 0 amide bonds. The number of benzene rings is 1. The minimum atomic E-state index is -3.22. The average molecular weight is 336 g/mol. The summed E-state index contributed by atoms with van der Waals surface area (Å²) in [4.78, 5) is 1.05. The first kappa shape index (κ1) is 16.1. The second-order valence-electron chi connectivity index (χ2n) is 4.61.